The van der Waals surface area contributed by atoms with Gasteiger partial charge in [0, 0.05) is 24.3 Å². The van der Waals surface area contributed by atoms with E-state index in [4.69, 9.17) is 0 Å². The van der Waals surface area contributed by atoms with Gasteiger partial charge >= 0.3 is 0 Å². The fourth-order valence-corrected chi connectivity index (χ4v) is 3.32. The van der Waals surface area contributed by atoms with E-state index in [1.807, 2.05) is 0 Å². The number of amides is 1. The van der Waals surface area contributed by atoms with E-state index in [2.05, 4.69) is 55.1 Å². The molecule has 0 saturated carbocycles. The van der Waals surface area contributed by atoms with Crippen molar-refractivity contribution in [1.29, 1.82) is 0 Å². The number of fused-ring (bicyclic) bond motifs is 1. The molecule has 102 valence electrons. The monoisotopic (exact) mass is 259 g/mol. The van der Waals surface area contributed by atoms with Crippen LogP contribution in [0.2, 0.25) is 0 Å². The highest BCUT2D eigenvalue weighted by Gasteiger charge is 2.44. The van der Waals surface area contributed by atoms with Crippen LogP contribution in [0.5, 0.6) is 0 Å². The first-order chi connectivity index (χ1) is 9.06. The Morgan fingerprint density at radius 1 is 1.16 bits per heavy atom. The third kappa shape index (κ3) is 2.15. The van der Waals surface area contributed by atoms with Crippen LogP contribution >= 0.6 is 0 Å². The molecule has 2 heterocycles. The van der Waals surface area contributed by atoms with E-state index < -0.39 is 0 Å². The standard InChI is InChI=1S/C15H21N3O/c1-8-4-5-11(6-9(8)2)12-7-13(19)16-15-14(12)10(3)17-18-15/h4-6,10,12,14-15,17-18H,7H2,1-3H3,(H,16,19). The van der Waals surface area contributed by atoms with Gasteiger partial charge in [-0.25, -0.2) is 5.43 Å². The molecule has 2 aliphatic heterocycles. The average molecular weight is 259 g/mol. The zero-order valence-corrected chi connectivity index (χ0v) is 11.7. The van der Waals surface area contributed by atoms with E-state index in [-0.39, 0.29) is 18.0 Å². The topological polar surface area (TPSA) is 53.2 Å². The van der Waals surface area contributed by atoms with Crippen LogP contribution in [0.25, 0.3) is 0 Å². The molecule has 0 aromatic heterocycles. The van der Waals surface area contributed by atoms with E-state index >= 15 is 0 Å². The van der Waals surface area contributed by atoms with Crippen LogP contribution in [0, 0.1) is 19.8 Å². The van der Waals surface area contributed by atoms with E-state index in [9.17, 15) is 4.79 Å². The number of aryl methyl sites for hydroxylation is 2. The second-order valence-corrected chi connectivity index (χ2v) is 5.85. The molecule has 0 bridgehead atoms. The molecule has 4 atom stereocenters. The Hall–Kier alpha value is -1.39. The first kappa shape index (κ1) is 12.6. The normalized spacial score (nSPS) is 33.9. The van der Waals surface area contributed by atoms with Crippen LogP contribution in [0.4, 0.5) is 0 Å². The first-order valence-corrected chi connectivity index (χ1v) is 6.94. The fourth-order valence-electron chi connectivity index (χ4n) is 3.32. The highest BCUT2D eigenvalue weighted by molar-refractivity contribution is 5.78. The van der Waals surface area contributed by atoms with Gasteiger partial charge in [0.15, 0.2) is 0 Å². The van der Waals surface area contributed by atoms with Crippen molar-refractivity contribution in [2.75, 3.05) is 0 Å². The van der Waals surface area contributed by atoms with Crippen molar-refractivity contribution in [3.05, 3.63) is 34.9 Å². The molecule has 0 spiro atoms. The summed E-state index contributed by atoms with van der Waals surface area (Å²) in [5.41, 5.74) is 10.3. The van der Waals surface area contributed by atoms with Crippen LogP contribution in [-0.2, 0) is 4.79 Å². The van der Waals surface area contributed by atoms with Gasteiger partial charge in [-0.05, 0) is 37.5 Å². The van der Waals surface area contributed by atoms with Crippen LogP contribution in [0.15, 0.2) is 18.2 Å². The number of carbonyl (C=O) groups excluding carboxylic acids is 1. The predicted molar refractivity (Wildman–Crippen MR) is 74.4 cm³/mol. The number of hydrazine groups is 1. The highest BCUT2D eigenvalue weighted by Crippen LogP contribution is 2.37. The molecule has 2 aliphatic rings. The van der Waals surface area contributed by atoms with Gasteiger partial charge in [0.05, 0.1) is 6.17 Å². The maximum Gasteiger partial charge on any atom is 0.221 e. The van der Waals surface area contributed by atoms with E-state index in [0.717, 1.165) is 0 Å². The minimum atomic E-state index is 0.0443. The quantitative estimate of drug-likeness (QED) is 0.713. The molecular formula is C15H21N3O. The Labute approximate surface area is 113 Å². The summed E-state index contributed by atoms with van der Waals surface area (Å²) in [6.07, 6.45) is 0.625. The SMILES string of the molecule is Cc1ccc(C2CC(=O)NC3NNC(C)C32)cc1C. The maximum atomic E-state index is 11.9. The third-order valence-electron chi connectivity index (χ3n) is 4.57. The maximum absolute atomic E-state index is 11.9. The minimum Gasteiger partial charge on any atom is -0.339 e. The molecule has 19 heavy (non-hydrogen) atoms. The first-order valence-electron chi connectivity index (χ1n) is 6.94. The number of nitrogens with one attached hydrogen (secondary N) is 3. The highest BCUT2D eigenvalue weighted by atomic mass is 16.2. The summed E-state index contributed by atoms with van der Waals surface area (Å²) in [6.45, 7) is 6.42. The zero-order valence-electron chi connectivity index (χ0n) is 11.7. The average Bonchev–Trinajstić information content (AvgIpc) is 2.73. The summed E-state index contributed by atoms with van der Waals surface area (Å²) in [5.74, 6) is 0.822. The van der Waals surface area contributed by atoms with Crippen LogP contribution in [-0.4, -0.2) is 18.1 Å². The van der Waals surface area contributed by atoms with Gasteiger partial charge in [-0.2, -0.15) is 0 Å². The van der Waals surface area contributed by atoms with Crippen molar-refractivity contribution in [3.63, 3.8) is 0 Å². The second-order valence-electron chi connectivity index (χ2n) is 5.85. The summed E-state index contributed by atoms with van der Waals surface area (Å²) in [4.78, 5) is 11.9. The molecule has 3 N–H and O–H groups in total. The Morgan fingerprint density at radius 3 is 2.68 bits per heavy atom. The molecule has 0 aliphatic carbocycles. The van der Waals surface area contributed by atoms with Crippen LogP contribution in [0.1, 0.15) is 36.0 Å². The lowest BCUT2D eigenvalue weighted by molar-refractivity contribution is -0.125. The lowest BCUT2D eigenvalue weighted by atomic mass is 9.76. The zero-order chi connectivity index (χ0) is 13.6. The van der Waals surface area contributed by atoms with Crippen molar-refractivity contribution in [3.8, 4) is 0 Å². The molecule has 0 radical (unpaired) electrons. The number of hydrogen-bond donors (Lipinski definition) is 3. The summed E-state index contributed by atoms with van der Waals surface area (Å²) in [5, 5.41) is 3.02. The number of carbonyl (C=O) groups is 1. The van der Waals surface area contributed by atoms with E-state index in [0.29, 0.717) is 18.4 Å². The largest absolute Gasteiger partial charge is 0.339 e. The molecule has 3 rings (SSSR count). The van der Waals surface area contributed by atoms with Crippen molar-refractivity contribution in [1.82, 2.24) is 16.2 Å². The number of rotatable bonds is 1. The number of benzene rings is 1. The summed E-state index contributed by atoms with van der Waals surface area (Å²) >= 11 is 0. The summed E-state index contributed by atoms with van der Waals surface area (Å²) < 4.78 is 0. The number of hydrogen-bond acceptors (Lipinski definition) is 3. The van der Waals surface area contributed by atoms with Crippen molar-refractivity contribution < 1.29 is 4.79 Å². The lowest BCUT2D eigenvalue weighted by Crippen LogP contribution is -2.52. The Bertz CT molecular complexity index is 514. The Kier molecular flexibility index (Phi) is 3.07. The third-order valence-corrected chi connectivity index (χ3v) is 4.57. The van der Waals surface area contributed by atoms with E-state index in [1.54, 1.807) is 0 Å². The molecule has 4 heteroatoms. The lowest BCUT2D eigenvalue weighted by Gasteiger charge is -2.35. The van der Waals surface area contributed by atoms with Gasteiger partial charge < -0.3 is 5.32 Å². The van der Waals surface area contributed by atoms with Crippen LogP contribution < -0.4 is 16.2 Å². The van der Waals surface area contributed by atoms with Crippen molar-refractivity contribution in [2.45, 2.75) is 45.3 Å². The van der Waals surface area contributed by atoms with Gasteiger partial charge in [0.2, 0.25) is 5.91 Å². The summed E-state index contributed by atoms with van der Waals surface area (Å²) in [7, 11) is 0. The van der Waals surface area contributed by atoms with Gasteiger partial charge in [-0.3, -0.25) is 10.2 Å². The van der Waals surface area contributed by atoms with Crippen LogP contribution in [0.3, 0.4) is 0 Å². The van der Waals surface area contributed by atoms with E-state index in [1.165, 1.54) is 16.7 Å². The molecule has 1 aromatic carbocycles. The number of piperidine rings is 1. The molecule has 4 unspecified atom stereocenters. The fraction of sp³-hybridized carbons (Fsp3) is 0.533. The minimum absolute atomic E-state index is 0.0443. The van der Waals surface area contributed by atoms with Gasteiger partial charge in [-0.1, -0.05) is 18.2 Å². The van der Waals surface area contributed by atoms with Gasteiger partial charge in [0.1, 0.15) is 0 Å². The second kappa shape index (κ2) is 4.62. The Morgan fingerprint density at radius 2 is 1.95 bits per heavy atom. The van der Waals surface area contributed by atoms with Gasteiger partial charge in [0.25, 0.3) is 0 Å². The Balaban J connectivity index is 1.96. The summed E-state index contributed by atoms with van der Waals surface area (Å²) in [6, 6.07) is 6.93. The van der Waals surface area contributed by atoms with Crippen molar-refractivity contribution in [2.24, 2.45) is 5.92 Å². The predicted octanol–water partition coefficient (Wildman–Crippen LogP) is 1.35. The molecule has 1 amide bonds. The van der Waals surface area contributed by atoms with Gasteiger partial charge in [-0.15, -0.1) is 0 Å². The molecule has 1 aromatic rings. The molecule has 2 fully saturated rings. The smallest absolute Gasteiger partial charge is 0.221 e. The molecular weight excluding hydrogens is 238 g/mol. The molecule has 2 saturated heterocycles. The van der Waals surface area contributed by atoms with Crippen molar-refractivity contribution >= 4 is 5.91 Å². The molecule has 4 nitrogen and oxygen atoms in total.